The molecule has 6 rings (SSSR count). The molecule has 0 unspecified atom stereocenters. The van der Waals surface area contributed by atoms with E-state index in [2.05, 4.69) is 20.6 Å². The molecule has 4 aliphatic rings. The van der Waals surface area contributed by atoms with Gasteiger partial charge in [-0.25, -0.2) is 14.2 Å². The van der Waals surface area contributed by atoms with Crippen molar-refractivity contribution < 1.29 is 37.0 Å². The van der Waals surface area contributed by atoms with Gasteiger partial charge in [-0.05, 0) is 52.5 Å². The zero-order valence-electron chi connectivity index (χ0n) is 27.2. The van der Waals surface area contributed by atoms with Crippen LogP contribution in [0.25, 0.3) is 0 Å². The van der Waals surface area contributed by atoms with Gasteiger partial charge in [0.15, 0.2) is 5.82 Å². The molecule has 2 aliphatic carbocycles. The summed E-state index contributed by atoms with van der Waals surface area (Å²) in [4.78, 5) is 50.6. The molecule has 1 aromatic carbocycles. The number of nitrogens with zero attached hydrogens (tertiary/aromatic N) is 5. The van der Waals surface area contributed by atoms with Crippen molar-refractivity contribution in [1.29, 1.82) is 0 Å². The molecule has 0 bridgehead atoms. The number of amides is 3. The Balaban J connectivity index is 1.14. The number of benzene rings is 1. The molecule has 1 aromatic heterocycles. The standard InChI is InChI=1S/C32H40F3N7O5/c1-30(2,3)47-29(45)41-15-31(16-41)12-18(13-31)37-26(43)20-10-24(46-5)22(11-21(20)33)38-28-36-14-23-25(39-28)42(19-8-6-7-9-19)17-32(34,35)27(44)40(23)4/h10-11,14,18-19H,6-9,12-13,15-17H2,1-5H3,(H,37,43)(H,36,38,39). The minimum atomic E-state index is -3.62. The SMILES string of the molecule is COc1cc(C(=O)NC2CC3(C2)CN(C(=O)OC(C)(C)C)C3)c(F)cc1Nc1ncc2c(n1)N(C1CCCC1)CC(F)(F)C(=O)N2C. The van der Waals surface area contributed by atoms with Crippen LogP contribution in [-0.4, -0.2) is 90.2 Å². The predicted molar refractivity (Wildman–Crippen MR) is 167 cm³/mol. The fourth-order valence-electron chi connectivity index (χ4n) is 7.05. The molecule has 254 valence electrons. The number of rotatable bonds is 6. The number of fused-ring (bicyclic) bond motifs is 1. The summed E-state index contributed by atoms with van der Waals surface area (Å²) in [5.41, 5.74) is -0.592. The van der Waals surface area contributed by atoms with Gasteiger partial charge in [0.1, 0.15) is 22.9 Å². The zero-order valence-corrected chi connectivity index (χ0v) is 27.2. The first-order valence-corrected chi connectivity index (χ1v) is 15.8. The second-order valence-corrected chi connectivity index (χ2v) is 14.1. The second-order valence-electron chi connectivity index (χ2n) is 14.1. The van der Waals surface area contributed by atoms with Crippen molar-refractivity contribution in [2.45, 2.75) is 82.9 Å². The minimum Gasteiger partial charge on any atom is -0.495 e. The molecule has 2 N–H and O–H groups in total. The maximum atomic E-state index is 15.4. The number of ether oxygens (including phenoxy) is 2. The Kier molecular flexibility index (Phi) is 8.15. The van der Waals surface area contributed by atoms with E-state index in [9.17, 15) is 23.2 Å². The first-order chi connectivity index (χ1) is 22.1. The van der Waals surface area contributed by atoms with Crippen LogP contribution >= 0.6 is 0 Å². The van der Waals surface area contributed by atoms with Gasteiger partial charge in [-0.2, -0.15) is 13.8 Å². The number of carbonyl (C=O) groups is 3. The van der Waals surface area contributed by atoms with E-state index in [1.165, 1.54) is 31.3 Å². The molecular weight excluding hydrogens is 619 g/mol. The van der Waals surface area contributed by atoms with Crippen molar-refractivity contribution in [3.05, 3.63) is 29.7 Å². The third-order valence-corrected chi connectivity index (χ3v) is 9.31. The highest BCUT2D eigenvalue weighted by atomic mass is 19.3. The zero-order chi connectivity index (χ0) is 33.9. The molecule has 3 amide bonds. The number of hydrogen-bond donors (Lipinski definition) is 2. The largest absolute Gasteiger partial charge is 0.495 e. The quantitative estimate of drug-likeness (QED) is 0.447. The Bertz CT molecular complexity index is 1580. The summed E-state index contributed by atoms with van der Waals surface area (Å²) in [5, 5.41) is 5.77. The van der Waals surface area contributed by atoms with Crippen molar-refractivity contribution in [2.24, 2.45) is 5.41 Å². The van der Waals surface area contributed by atoms with Crippen LogP contribution in [0.1, 0.15) is 69.7 Å². The monoisotopic (exact) mass is 659 g/mol. The molecular formula is C32H40F3N7O5. The van der Waals surface area contributed by atoms with Crippen molar-refractivity contribution in [3.63, 3.8) is 0 Å². The molecule has 15 heteroatoms. The topological polar surface area (TPSA) is 129 Å². The summed E-state index contributed by atoms with van der Waals surface area (Å²) < 4.78 is 56.1. The molecule has 2 saturated carbocycles. The Morgan fingerprint density at radius 2 is 1.77 bits per heavy atom. The third kappa shape index (κ3) is 6.35. The Labute approximate surface area is 271 Å². The van der Waals surface area contributed by atoms with Crippen molar-refractivity contribution >= 4 is 41.0 Å². The molecule has 47 heavy (non-hydrogen) atoms. The normalized spacial score (nSPS) is 20.7. The first kappa shape index (κ1) is 32.6. The maximum absolute atomic E-state index is 15.4. The fraction of sp³-hybridized carbons (Fsp3) is 0.594. The predicted octanol–water partition coefficient (Wildman–Crippen LogP) is 4.86. The van der Waals surface area contributed by atoms with Gasteiger partial charge in [-0.1, -0.05) is 12.8 Å². The van der Waals surface area contributed by atoms with Crippen LogP contribution in [0.5, 0.6) is 5.75 Å². The fourth-order valence-corrected chi connectivity index (χ4v) is 7.05. The highest BCUT2D eigenvalue weighted by Gasteiger charge is 2.55. The van der Waals surface area contributed by atoms with E-state index >= 15 is 4.39 Å². The number of anilines is 4. The smallest absolute Gasteiger partial charge is 0.410 e. The number of alkyl halides is 2. The van der Waals surface area contributed by atoms with Crippen LogP contribution in [0, 0.1) is 11.2 Å². The summed E-state index contributed by atoms with van der Waals surface area (Å²) in [6.45, 7) is 5.73. The van der Waals surface area contributed by atoms with Crippen LogP contribution in [0.15, 0.2) is 18.3 Å². The van der Waals surface area contributed by atoms with Gasteiger partial charge in [0, 0.05) is 43.7 Å². The number of aromatic nitrogens is 2. The van der Waals surface area contributed by atoms with E-state index in [-0.39, 0.29) is 58.0 Å². The van der Waals surface area contributed by atoms with Crippen LogP contribution in [0.4, 0.5) is 41.1 Å². The number of hydrogen-bond acceptors (Lipinski definition) is 9. The van der Waals surface area contributed by atoms with Crippen molar-refractivity contribution in [3.8, 4) is 5.75 Å². The lowest BCUT2D eigenvalue weighted by Gasteiger charge is -2.58. The molecule has 2 aliphatic heterocycles. The van der Waals surface area contributed by atoms with Gasteiger partial charge in [-0.15, -0.1) is 0 Å². The van der Waals surface area contributed by atoms with Gasteiger partial charge in [0.25, 0.3) is 11.8 Å². The van der Waals surface area contributed by atoms with E-state index in [0.717, 1.165) is 23.8 Å². The first-order valence-electron chi connectivity index (χ1n) is 15.8. The Morgan fingerprint density at radius 3 is 2.40 bits per heavy atom. The maximum Gasteiger partial charge on any atom is 0.410 e. The highest BCUT2D eigenvalue weighted by Crippen LogP contribution is 2.49. The second kappa shape index (κ2) is 11.7. The molecule has 0 radical (unpaired) electrons. The lowest BCUT2D eigenvalue weighted by molar-refractivity contribution is -0.140. The molecule has 3 heterocycles. The Morgan fingerprint density at radius 1 is 1.09 bits per heavy atom. The third-order valence-electron chi connectivity index (χ3n) is 9.31. The summed E-state index contributed by atoms with van der Waals surface area (Å²) in [6.07, 6.45) is 5.40. The van der Waals surface area contributed by atoms with E-state index in [1.54, 1.807) is 4.90 Å². The van der Waals surface area contributed by atoms with E-state index in [1.807, 2.05) is 20.8 Å². The lowest BCUT2D eigenvalue weighted by Crippen LogP contribution is -2.67. The summed E-state index contributed by atoms with van der Waals surface area (Å²) in [6, 6.07) is 1.98. The van der Waals surface area contributed by atoms with Crippen molar-refractivity contribution in [1.82, 2.24) is 20.2 Å². The number of carbonyl (C=O) groups excluding carboxylic acids is 3. The minimum absolute atomic E-state index is 0.0200. The van der Waals surface area contributed by atoms with Crippen LogP contribution in [0.2, 0.25) is 0 Å². The van der Waals surface area contributed by atoms with Gasteiger partial charge in [-0.3, -0.25) is 9.59 Å². The average Bonchev–Trinajstić information content (AvgIpc) is 3.47. The van der Waals surface area contributed by atoms with E-state index < -0.39 is 35.7 Å². The summed E-state index contributed by atoms with van der Waals surface area (Å²) >= 11 is 0. The van der Waals surface area contributed by atoms with Gasteiger partial charge < -0.3 is 34.8 Å². The molecule has 12 nitrogen and oxygen atoms in total. The van der Waals surface area contributed by atoms with Gasteiger partial charge in [0.2, 0.25) is 5.95 Å². The van der Waals surface area contributed by atoms with E-state index in [0.29, 0.717) is 38.8 Å². The van der Waals surface area contributed by atoms with E-state index in [4.69, 9.17) is 9.47 Å². The molecule has 2 aromatic rings. The highest BCUT2D eigenvalue weighted by molar-refractivity contribution is 6.02. The molecule has 1 saturated heterocycles. The van der Waals surface area contributed by atoms with Crippen molar-refractivity contribution in [2.75, 3.05) is 48.9 Å². The average molecular weight is 660 g/mol. The van der Waals surface area contributed by atoms with Crippen LogP contribution < -0.4 is 25.2 Å². The molecule has 1 spiro atoms. The summed E-state index contributed by atoms with van der Waals surface area (Å²) in [5.74, 6) is -6.07. The van der Waals surface area contributed by atoms with Crippen LogP contribution in [0.3, 0.4) is 0 Å². The number of nitrogens with one attached hydrogen (secondary N) is 2. The summed E-state index contributed by atoms with van der Waals surface area (Å²) in [7, 11) is 2.63. The Hall–Kier alpha value is -4.30. The lowest BCUT2D eigenvalue weighted by atomic mass is 9.60. The number of halogens is 3. The molecule has 3 fully saturated rings. The van der Waals surface area contributed by atoms with Gasteiger partial charge in [0.05, 0.1) is 31.1 Å². The number of methoxy groups -OCH3 is 1. The van der Waals surface area contributed by atoms with Crippen LogP contribution in [-0.2, 0) is 9.53 Å². The molecule has 0 atom stereocenters. The van der Waals surface area contributed by atoms with Gasteiger partial charge >= 0.3 is 12.0 Å². The number of likely N-dealkylation sites (tertiary alicyclic amines) is 1.